The Hall–Kier alpha value is -2.12. The number of carboxylic acid groups (broad SMARTS) is 1. The predicted octanol–water partition coefficient (Wildman–Crippen LogP) is 6.91. The smallest absolute Gasteiger partial charge is 0.337 e. The molecule has 1 fully saturated rings. The lowest BCUT2D eigenvalue weighted by atomic mass is 9.82. The first-order valence-corrected chi connectivity index (χ1v) is 13.6. The summed E-state index contributed by atoms with van der Waals surface area (Å²) >= 11 is 1.77. The SMILES string of the molecule is CCCCSc1ccc(-c2cnc(C)c([C@H](OC(C)(C)C)C(=O)O)c2N2CCC(C)(C)CC2)cn1. The molecule has 0 bridgehead atoms. The summed E-state index contributed by atoms with van der Waals surface area (Å²) in [7, 11) is 0. The van der Waals surface area contributed by atoms with Crippen LogP contribution >= 0.6 is 11.8 Å². The highest BCUT2D eigenvalue weighted by Gasteiger charge is 2.35. The first-order chi connectivity index (χ1) is 16.4. The molecule has 0 aromatic carbocycles. The van der Waals surface area contributed by atoms with E-state index in [0.717, 1.165) is 53.5 Å². The Morgan fingerprint density at radius 2 is 1.89 bits per heavy atom. The number of aromatic nitrogens is 2. The van der Waals surface area contributed by atoms with Gasteiger partial charge in [-0.15, -0.1) is 11.8 Å². The van der Waals surface area contributed by atoms with E-state index in [1.807, 2.05) is 40.1 Å². The van der Waals surface area contributed by atoms with Crippen LogP contribution in [0.15, 0.2) is 29.6 Å². The molecule has 3 rings (SSSR count). The first kappa shape index (κ1) is 27.5. The van der Waals surface area contributed by atoms with Crippen molar-refractivity contribution in [1.82, 2.24) is 9.97 Å². The molecule has 1 atom stereocenters. The topological polar surface area (TPSA) is 75.6 Å². The molecule has 0 aliphatic carbocycles. The van der Waals surface area contributed by atoms with Crippen LogP contribution in [0.5, 0.6) is 0 Å². The lowest BCUT2D eigenvalue weighted by Crippen LogP contribution is -2.39. The number of thioether (sulfide) groups is 1. The number of carboxylic acids is 1. The molecule has 2 aromatic heterocycles. The number of hydrogen-bond acceptors (Lipinski definition) is 6. The zero-order valence-corrected chi connectivity index (χ0v) is 23.2. The highest BCUT2D eigenvalue weighted by Crippen LogP contribution is 2.43. The molecule has 35 heavy (non-hydrogen) atoms. The molecule has 7 heteroatoms. The fraction of sp³-hybridized carbons (Fsp3) is 0.607. The maximum Gasteiger partial charge on any atom is 0.337 e. The second kappa shape index (κ2) is 11.3. The number of aliphatic carboxylic acids is 1. The third kappa shape index (κ3) is 7.20. The Kier molecular flexibility index (Phi) is 8.86. The Balaban J connectivity index is 2.12. The van der Waals surface area contributed by atoms with Crippen LogP contribution in [0.3, 0.4) is 0 Å². The van der Waals surface area contributed by atoms with Crippen LogP contribution in [0.1, 0.15) is 84.6 Å². The highest BCUT2D eigenvalue weighted by molar-refractivity contribution is 7.99. The van der Waals surface area contributed by atoms with Crippen molar-refractivity contribution in [3.8, 4) is 11.1 Å². The van der Waals surface area contributed by atoms with Gasteiger partial charge in [0.15, 0.2) is 6.10 Å². The maximum atomic E-state index is 12.5. The van der Waals surface area contributed by atoms with Crippen LogP contribution in [-0.2, 0) is 9.53 Å². The minimum atomic E-state index is -1.11. The van der Waals surface area contributed by atoms with Gasteiger partial charge in [0.2, 0.25) is 0 Å². The largest absolute Gasteiger partial charge is 0.479 e. The van der Waals surface area contributed by atoms with E-state index in [0.29, 0.717) is 11.3 Å². The van der Waals surface area contributed by atoms with Crippen LogP contribution in [0.25, 0.3) is 11.1 Å². The van der Waals surface area contributed by atoms with Crippen LogP contribution < -0.4 is 4.90 Å². The molecule has 0 unspecified atom stereocenters. The highest BCUT2D eigenvalue weighted by atomic mass is 32.2. The van der Waals surface area contributed by atoms with Gasteiger partial charge in [0.05, 0.1) is 16.3 Å². The van der Waals surface area contributed by atoms with E-state index in [9.17, 15) is 9.90 Å². The minimum Gasteiger partial charge on any atom is -0.479 e. The molecule has 3 heterocycles. The van der Waals surface area contributed by atoms with E-state index in [1.54, 1.807) is 11.8 Å². The maximum absolute atomic E-state index is 12.5. The lowest BCUT2D eigenvalue weighted by Gasteiger charge is -2.40. The van der Waals surface area contributed by atoms with Crippen LogP contribution in [0.4, 0.5) is 5.69 Å². The fourth-order valence-corrected chi connectivity index (χ4v) is 5.28. The second-order valence-corrected chi connectivity index (χ2v) is 12.3. The van der Waals surface area contributed by atoms with Gasteiger partial charge in [0, 0.05) is 47.9 Å². The van der Waals surface area contributed by atoms with Crippen LogP contribution in [-0.4, -0.2) is 45.5 Å². The van der Waals surface area contributed by atoms with E-state index >= 15 is 0 Å². The summed E-state index contributed by atoms with van der Waals surface area (Å²) in [5, 5.41) is 11.2. The van der Waals surface area contributed by atoms with E-state index in [4.69, 9.17) is 9.72 Å². The molecule has 1 saturated heterocycles. The number of pyridine rings is 2. The molecule has 1 N–H and O–H groups in total. The van der Waals surface area contributed by atoms with Crippen molar-refractivity contribution in [2.75, 3.05) is 23.7 Å². The Morgan fingerprint density at radius 3 is 2.43 bits per heavy atom. The number of aryl methyl sites for hydroxylation is 1. The summed E-state index contributed by atoms with van der Waals surface area (Å²) in [5.41, 5.74) is 3.75. The number of nitrogens with zero attached hydrogens (tertiary/aromatic N) is 3. The standard InChI is InChI=1S/C28H41N3O3S/c1-8-9-16-35-22-11-10-20(17-30-22)21-18-29-19(2)23(25(26(32)33)34-27(3,4)5)24(21)31-14-12-28(6,7)13-15-31/h10-11,17-18,25H,8-9,12-16H2,1-7H3,(H,32,33)/t25-/m0/s1. The summed E-state index contributed by atoms with van der Waals surface area (Å²) in [6, 6.07) is 4.13. The zero-order chi connectivity index (χ0) is 25.8. The van der Waals surface area contributed by atoms with Gasteiger partial charge < -0.3 is 14.7 Å². The second-order valence-electron chi connectivity index (χ2n) is 11.2. The molecule has 0 saturated carbocycles. The van der Waals surface area contributed by atoms with Crippen molar-refractivity contribution in [2.24, 2.45) is 5.41 Å². The number of anilines is 1. The van der Waals surface area contributed by atoms with E-state index in [2.05, 4.69) is 42.8 Å². The molecule has 0 spiro atoms. The summed E-state index contributed by atoms with van der Waals surface area (Å²) in [4.78, 5) is 24.2. The first-order valence-electron chi connectivity index (χ1n) is 12.7. The van der Waals surface area contributed by atoms with Crippen molar-refractivity contribution >= 4 is 23.4 Å². The van der Waals surface area contributed by atoms with Gasteiger partial charge in [-0.3, -0.25) is 4.98 Å². The number of ether oxygens (including phenoxy) is 1. The van der Waals surface area contributed by atoms with Gasteiger partial charge >= 0.3 is 5.97 Å². The van der Waals surface area contributed by atoms with Gasteiger partial charge in [-0.1, -0.05) is 33.3 Å². The Labute approximate surface area is 214 Å². The molecule has 2 aromatic rings. The zero-order valence-electron chi connectivity index (χ0n) is 22.4. The Bertz CT molecular complexity index is 1010. The quantitative estimate of drug-likeness (QED) is 0.297. The number of hydrogen-bond donors (Lipinski definition) is 1. The summed E-state index contributed by atoms with van der Waals surface area (Å²) in [5.74, 6) is 0.0552. The normalized spacial score (nSPS) is 16.8. The predicted molar refractivity (Wildman–Crippen MR) is 144 cm³/mol. The van der Waals surface area contributed by atoms with Crippen molar-refractivity contribution in [3.63, 3.8) is 0 Å². The van der Waals surface area contributed by atoms with E-state index in [1.165, 1.54) is 12.8 Å². The van der Waals surface area contributed by atoms with Gasteiger partial charge in [-0.25, -0.2) is 9.78 Å². The van der Waals surface area contributed by atoms with Gasteiger partial charge in [-0.2, -0.15) is 0 Å². The summed E-state index contributed by atoms with van der Waals surface area (Å²) in [6.07, 6.45) is 7.06. The molecule has 0 radical (unpaired) electrons. The minimum absolute atomic E-state index is 0.270. The monoisotopic (exact) mass is 499 g/mol. The van der Waals surface area contributed by atoms with Crippen molar-refractivity contribution in [1.29, 1.82) is 0 Å². The molecular formula is C28H41N3O3S. The number of rotatable bonds is 9. The lowest BCUT2D eigenvalue weighted by molar-refractivity contribution is -0.160. The van der Waals surface area contributed by atoms with Crippen LogP contribution in [0, 0.1) is 12.3 Å². The van der Waals surface area contributed by atoms with E-state index in [-0.39, 0.29) is 5.41 Å². The Morgan fingerprint density at radius 1 is 1.20 bits per heavy atom. The van der Waals surface area contributed by atoms with Gasteiger partial charge in [0.1, 0.15) is 0 Å². The van der Waals surface area contributed by atoms with Gasteiger partial charge in [-0.05, 0) is 64.2 Å². The number of carbonyl (C=O) groups is 1. The number of unbranched alkanes of at least 4 members (excludes halogenated alkanes) is 1. The number of piperidine rings is 1. The molecule has 1 aliphatic rings. The van der Waals surface area contributed by atoms with Crippen molar-refractivity contribution < 1.29 is 14.6 Å². The molecule has 0 amide bonds. The van der Waals surface area contributed by atoms with Crippen molar-refractivity contribution in [2.45, 2.75) is 90.9 Å². The van der Waals surface area contributed by atoms with E-state index < -0.39 is 17.7 Å². The molecule has 1 aliphatic heterocycles. The third-order valence-electron chi connectivity index (χ3n) is 6.47. The average Bonchev–Trinajstić information content (AvgIpc) is 2.78. The average molecular weight is 500 g/mol. The summed E-state index contributed by atoms with van der Waals surface area (Å²) in [6.45, 7) is 16.0. The molecule has 192 valence electrons. The fourth-order valence-electron chi connectivity index (χ4n) is 4.34. The molecular weight excluding hydrogens is 458 g/mol. The van der Waals surface area contributed by atoms with Crippen molar-refractivity contribution in [3.05, 3.63) is 35.8 Å². The molecule has 6 nitrogen and oxygen atoms in total. The van der Waals surface area contributed by atoms with Gasteiger partial charge in [0.25, 0.3) is 0 Å². The van der Waals surface area contributed by atoms with Crippen LogP contribution in [0.2, 0.25) is 0 Å². The summed E-state index contributed by atoms with van der Waals surface area (Å²) < 4.78 is 6.12. The third-order valence-corrected chi connectivity index (χ3v) is 7.50.